The van der Waals surface area contributed by atoms with E-state index in [9.17, 15) is 0 Å². The molecule has 0 bridgehead atoms. The van der Waals surface area contributed by atoms with E-state index < -0.39 is 0 Å². The second kappa shape index (κ2) is 10.2. The third kappa shape index (κ3) is 6.05. The molecule has 6 heteroatoms. The van der Waals surface area contributed by atoms with Crippen molar-refractivity contribution in [1.82, 2.24) is 9.80 Å². The van der Waals surface area contributed by atoms with Gasteiger partial charge < -0.3 is 5.73 Å². The van der Waals surface area contributed by atoms with Gasteiger partial charge in [0.15, 0.2) is 0 Å². The Bertz CT molecular complexity index is 641. The van der Waals surface area contributed by atoms with Gasteiger partial charge in [0.1, 0.15) is 0 Å². The van der Waals surface area contributed by atoms with Crippen LogP contribution in [0.15, 0.2) is 48.5 Å². The van der Waals surface area contributed by atoms with Crippen molar-refractivity contribution >= 4 is 42.1 Å². The summed E-state index contributed by atoms with van der Waals surface area (Å²) in [5.74, 6) is 0. The fraction of sp³-hybridized carbons (Fsp3) is 0.368. The van der Waals surface area contributed by atoms with Crippen LogP contribution < -0.4 is 5.73 Å². The first-order chi connectivity index (χ1) is 11.1. The summed E-state index contributed by atoms with van der Waals surface area (Å²) in [7, 11) is 0. The minimum atomic E-state index is 0. The molecule has 1 heterocycles. The first kappa shape index (κ1) is 22.1. The third-order valence-electron chi connectivity index (χ3n) is 4.66. The fourth-order valence-electron chi connectivity index (χ4n) is 3.21. The van der Waals surface area contributed by atoms with E-state index in [1.165, 1.54) is 11.1 Å². The highest BCUT2D eigenvalue weighted by Crippen LogP contribution is 2.23. The van der Waals surface area contributed by atoms with Gasteiger partial charge in [-0.1, -0.05) is 35.9 Å². The molecule has 0 amide bonds. The Hall–Kier alpha value is -0.970. The molecule has 2 N–H and O–H groups in total. The maximum Gasteiger partial charge on any atom is 0.0406 e. The van der Waals surface area contributed by atoms with Crippen LogP contribution in [0.25, 0.3) is 0 Å². The molecule has 1 saturated heterocycles. The molecule has 0 saturated carbocycles. The lowest BCUT2D eigenvalue weighted by Gasteiger charge is -2.38. The zero-order chi connectivity index (χ0) is 16.2. The number of nitrogen functional groups attached to an aromatic ring is 1. The van der Waals surface area contributed by atoms with Crippen molar-refractivity contribution in [2.45, 2.75) is 19.5 Å². The Morgan fingerprint density at radius 1 is 1.00 bits per heavy atom. The number of halogens is 3. The molecule has 3 rings (SSSR count). The topological polar surface area (TPSA) is 32.5 Å². The molecule has 2 aromatic rings. The third-order valence-corrected chi connectivity index (χ3v) is 4.92. The van der Waals surface area contributed by atoms with Crippen LogP contribution in [0.5, 0.6) is 0 Å². The summed E-state index contributed by atoms with van der Waals surface area (Å²) >= 11 is 5.98. The van der Waals surface area contributed by atoms with Crippen LogP contribution in [0, 0.1) is 0 Å². The van der Waals surface area contributed by atoms with E-state index in [4.69, 9.17) is 17.3 Å². The van der Waals surface area contributed by atoms with E-state index in [1.54, 1.807) is 0 Å². The predicted octanol–water partition coefficient (Wildman–Crippen LogP) is 4.64. The van der Waals surface area contributed by atoms with Gasteiger partial charge in [0, 0.05) is 49.5 Å². The Morgan fingerprint density at radius 3 is 2.24 bits per heavy atom. The van der Waals surface area contributed by atoms with Crippen molar-refractivity contribution in [2.24, 2.45) is 0 Å². The molecule has 0 aliphatic carbocycles. The molecule has 0 radical (unpaired) electrons. The molecule has 0 spiro atoms. The van der Waals surface area contributed by atoms with Crippen molar-refractivity contribution < 1.29 is 0 Å². The van der Waals surface area contributed by atoms with Crippen LogP contribution in [-0.2, 0) is 6.54 Å². The Morgan fingerprint density at radius 2 is 1.64 bits per heavy atom. The number of anilines is 1. The monoisotopic (exact) mass is 401 g/mol. The summed E-state index contributed by atoms with van der Waals surface area (Å²) in [5.41, 5.74) is 9.34. The number of nitrogens with two attached hydrogens (primary N) is 1. The van der Waals surface area contributed by atoms with Gasteiger partial charge in [0.05, 0.1) is 0 Å². The molecule has 138 valence electrons. The number of benzene rings is 2. The minimum absolute atomic E-state index is 0. The first-order valence-corrected chi connectivity index (χ1v) is 8.56. The summed E-state index contributed by atoms with van der Waals surface area (Å²) in [6.45, 7) is 7.61. The fourth-order valence-corrected chi connectivity index (χ4v) is 3.34. The SMILES string of the molecule is CC(c1ccc(Cl)cc1)N1CCN(Cc2cccc(N)c2)CC1.Cl.Cl. The molecule has 1 aliphatic heterocycles. The molecule has 2 aromatic carbocycles. The van der Waals surface area contributed by atoms with Crippen molar-refractivity contribution in [1.29, 1.82) is 0 Å². The molecule has 1 atom stereocenters. The molecule has 25 heavy (non-hydrogen) atoms. The van der Waals surface area contributed by atoms with E-state index in [0.717, 1.165) is 43.4 Å². The second-order valence-electron chi connectivity index (χ2n) is 6.28. The Labute approximate surface area is 168 Å². The van der Waals surface area contributed by atoms with Crippen molar-refractivity contribution in [3.8, 4) is 0 Å². The number of hydrogen-bond acceptors (Lipinski definition) is 3. The van der Waals surface area contributed by atoms with Gasteiger partial charge >= 0.3 is 0 Å². The van der Waals surface area contributed by atoms with Crippen molar-refractivity contribution in [2.75, 3.05) is 31.9 Å². The zero-order valence-electron chi connectivity index (χ0n) is 14.4. The van der Waals surface area contributed by atoms with Gasteiger partial charge in [-0.3, -0.25) is 9.80 Å². The van der Waals surface area contributed by atoms with Crippen molar-refractivity contribution in [3.63, 3.8) is 0 Å². The minimum Gasteiger partial charge on any atom is -0.399 e. The highest BCUT2D eigenvalue weighted by atomic mass is 35.5. The largest absolute Gasteiger partial charge is 0.399 e. The van der Waals surface area contributed by atoms with E-state index in [-0.39, 0.29) is 24.8 Å². The van der Waals surface area contributed by atoms with Gasteiger partial charge in [-0.05, 0) is 42.3 Å². The van der Waals surface area contributed by atoms with Crippen molar-refractivity contribution in [3.05, 3.63) is 64.7 Å². The number of hydrogen-bond donors (Lipinski definition) is 1. The van der Waals surface area contributed by atoms with Crippen LogP contribution in [0.3, 0.4) is 0 Å². The Balaban J connectivity index is 0.00000156. The highest BCUT2D eigenvalue weighted by Gasteiger charge is 2.22. The summed E-state index contributed by atoms with van der Waals surface area (Å²) in [6, 6.07) is 16.8. The second-order valence-corrected chi connectivity index (χ2v) is 6.72. The Kier molecular flexibility index (Phi) is 9.04. The molecule has 0 aromatic heterocycles. The van der Waals surface area contributed by atoms with Crippen LogP contribution in [0.4, 0.5) is 5.69 Å². The molecule has 1 unspecified atom stereocenters. The number of rotatable bonds is 4. The average molecular weight is 403 g/mol. The zero-order valence-corrected chi connectivity index (χ0v) is 16.8. The number of piperazine rings is 1. The highest BCUT2D eigenvalue weighted by molar-refractivity contribution is 6.30. The maximum atomic E-state index is 5.98. The van der Waals surface area contributed by atoms with Crippen LogP contribution in [0.1, 0.15) is 24.1 Å². The maximum absolute atomic E-state index is 5.98. The van der Waals surface area contributed by atoms with Crippen LogP contribution in [0.2, 0.25) is 5.02 Å². The molecule has 1 fully saturated rings. The summed E-state index contributed by atoms with van der Waals surface area (Å²) < 4.78 is 0. The lowest BCUT2D eigenvalue weighted by molar-refractivity contribution is 0.0979. The molecule has 1 aliphatic rings. The van der Waals surface area contributed by atoms with Crippen LogP contribution in [-0.4, -0.2) is 36.0 Å². The van der Waals surface area contributed by atoms with Gasteiger partial charge in [-0.2, -0.15) is 0 Å². The van der Waals surface area contributed by atoms with E-state index >= 15 is 0 Å². The smallest absolute Gasteiger partial charge is 0.0406 e. The predicted molar refractivity (Wildman–Crippen MR) is 112 cm³/mol. The normalized spacial score (nSPS) is 16.6. The first-order valence-electron chi connectivity index (χ1n) is 8.18. The summed E-state index contributed by atoms with van der Waals surface area (Å²) in [6.07, 6.45) is 0. The van der Waals surface area contributed by atoms with Gasteiger partial charge in [0.2, 0.25) is 0 Å². The van der Waals surface area contributed by atoms with E-state index in [2.05, 4.69) is 41.0 Å². The summed E-state index contributed by atoms with van der Waals surface area (Å²) in [4.78, 5) is 5.04. The lowest BCUT2D eigenvalue weighted by atomic mass is 10.1. The average Bonchev–Trinajstić information content (AvgIpc) is 2.56. The molecular formula is C19H26Cl3N3. The van der Waals surface area contributed by atoms with E-state index in [1.807, 2.05) is 24.3 Å². The van der Waals surface area contributed by atoms with Gasteiger partial charge in [-0.15, -0.1) is 24.8 Å². The molecular weight excluding hydrogens is 377 g/mol. The lowest BCUT2D eigenvalue weighted by Crippen LogP contribution is -2.46. The summed E-state index contributed by atoms with van der Waals surface area (Å²) in [5, 5.41) is 0.799. The molecule has 3 nitrogen and oxygen atoms in total. The number of nitrogens with zero attached hydrogens (tertiary/aromatic N) is 2. The van der Waals surface area contributed by atoms with E-state index in [0.29, 0.717) is 6.04 Å². The van der Waals surface area contributed by atoms with Gasteiger partial charge in [-0.25, -0.2) is 0 Å². The standard InChI is InChI=1S/C19H24ClN3.2ClH/c1-15(17-5-7-18(20)8-6-17)23-11-9-22(10-12-23)14-16-3-2-4-19(21)13-16;;/h2-8,13,15H,9-12,14,21H2,1H3;2*1H. The van der Waals surface area contributed by atoms with Crippen LogP contribution >= 0.6 is 36.4 Å². The van der Waals surface area contributed by atoms with Gasteiger partial charge in [0.25, 0.3) is 0 Å². The quantitative estimate of drug-likeness (QED) is 0.756.